The van der Waals surface area contributed by atoms with E-state index in [1.165, 1.54) is 71.6 Å². The quantitative estimate of drug-likeness (QED) is 0.121. The zero-order valence-corrected chi connectivity index (χ0v) is 33.7. The number of rotatable bonds is 8. The van der Waals surface area contributed by atoms with E-state index < -0.39 is 5.41 Å². The number of allylic oxidation sites excluding steroid dienone is 1. The monoisotopic (exact) mass is 778 g/mol. The van der Waals surface area contributed by atoms with Crippen molar-refractivity contribution in [2.75, 3.05) is 0 Å². The minimum Gasteiger partial charge on any atom is -0.383 e. The van der Waals surface area contributed by atoms with Crippen molar-refractivity contribution in [3.63, 3.8) is 0 Å². The molecule has 0 heterocycles. The maximum absolute atomic E-state index is 6.85. The van der Waals surface area contributed by atoms with Crippen LogP contribution in [0.5, 0.6) is 0 Å². The minimum atomic E-state index is -0.595. The molecule has 0 spiro atoms. The van der Waals surface area contributed by atoms with Gasteiger partial charge in [0.05, 0.1) is 11.1 Å². The molecule has 61 heavy (non-hydrogen) atoms. The third-order valence-corrected chi connectivity index (χ3v) is 12.6. The van der Waals surface area contributed by atoms with Crippen LogP contribution in [0.1, 0.15) is 38.9 Å². The Kier molecular flexibility index (Phi) is 8.98. The summed E-state index contributed by atoms with van der Waals surface area (Å²) in [6.45, 7) is 0. The Bertz CT molecular complexity index is 3280. The summed E-state index contributed by atoms with van der Waals surface area (Å²) in [5.74, 6) is 0.485. The zero-order chi connectivity index (χ0) is 40.8. The Balaban J connectivity index is 1.17. The van der Waals surface area contributed by atoms with Gasteiger partial charge in [-0.1, -0.05) is 231 Å². The third-order valence-electron chi connectivity index (χ3n) is 12.6. The van der Waals surface area contributed by atoms with Gasteiger partial charge in [-0.3, -0.25) is 0 Å². The van der Waals surface area contributed by atoms with E-state index in [0.717, 1.165) is 27.6 Å². The molecule has 0 fully saturated rings. The van der Waals surface area contributed by atoms with Crippen LogP contribution in [0.3, 0.4) is 0 Å². The van der Waals surface area contributed by atoms with E-state index in [1.807, 2.05) is 30.3 Å². The van der Waals surface area contributed by atoms with Gasteiger partial charge >= 0.3 is 0 Å². The van der Waals surface area contributed by atoms with E-state index in [0.29, 0.717) is 12.3 Å². The predicted molar refractivity (Wildman–Crippen MR) is 257 cm³/mol. The Morgan fingerprint density at radius 3 is 1.62 bits per heavy atom. The van der Waals surface area contributed by atoms with E-state index in [9.17, 15) is 0 Å². The van der Waals surface area contributed by atoms with Gasteiger partial charge in [-0.25, -0.2) is 4.99 Å². The molecule has 2 N–H and O–H groups in total. The van der Waals surface area contributed by atoms with E-state index >= 15 is 0 Å². The molecular weight excluding hydrogens is 737 g/mol. The Labute approximate surface area is 356 Å². The van der Waals surface area contributed by atoms with Crippen LogP contribution in [0.4, 0.5) is 0 Å². The summed E-state index contributed by atoms with van der Waals surface area (Å²) in [6, 6.07) is 81.2. The van der Waals surface area contributed by atoms with Gasteiger partial charge in [0.15, 0.2) is 0 Å². The van der Waals surface area contributed by atoms with Gasteiger partial charge in [0.2, 0.25) is 0 Å². The van der Waals surface area contributed by atoms with Crippen LogP contribution < -0.4 is 5.73 Å². The average Bonchev–Trinajstić information content (AvgIpc) is 3.65. The molecule has 0 saturated carbocycles. The Morgan fingerprint density at radius 1 is 0.410 bits per heavy atom. The van der Waals surface area contributed by atoms with Gasteiger partial charge in [0, 0.05) is 11.1 Å². The number of hydrogen-bond acceptors (Lipinski definition) is 1. The fourth-order valence-corrected chi connectivity index (χ4v) is 10.0. The summed E-state index contributed by atoms with van der Waals surface area (Å²) in [5.41, 5.74) is 20.3. The molecule has 10 aromatic carbocycles. The second-order valence-corrected chi connectivity index (χ2v) is 15.9. The SMILES string of the molecule is NC(=N/C(=C\Cc1cccc2ccccc12)c1ccc(-c2cccc3c2C(c2ccccc2)(c2ccccc2)c2c-3ccc3ccccc23)c2ccccc12)c1ccccc1. The predicted octanol–water partition coefficient (Wildman–Crippen LogP) is 14.2. The lowest BCUT2D eigenvalue weighted by molar-refractivity contribution is 0.777. The molecule has 0 aliphatic heterocycles. The molecule has 0 aromatic heterocycles. The highest BCUT2D eigenvalue weighted by Crippen LogP contribution is 2.60. The zero-order valence-electron chi connectivity index (χ0n) is 33.7. The van der Waals surface area contributed by atoms with Gasteiger partial charge in [-0.15, -0.1) is 0 Å². The summed E-state index contributed by atoms with van der Waals surface area (Å²) in [4.78, 5) is 5.24. The van der Waals surface area contributed by atoms with Crippen molar-refractivity contribution in [1.29, 1.82) is 0 Å². The normalized spacial score (nSPS) is 13.4. The average molecular weight is 779 g/mol. The van der Waals surface area contributed by atoms with E-state index in [-0.39, 0.29) is 0 Å². The van der Waals surface area contributed by atoms with Crippen LogP contribution in [0.2, 0.25) is 0 Å². The van der Waals surface area contributed by atoms with Crippen LogP contribution >= 0.6 is 0 Å². The first-order valence-corrected chi connectivity index (χ1v) is 21.1. The third kappa shape index (κ3) is 5.99. The van der Waals surface area contributed by atoms with Crippen LogP contribution in [0.25, 0.3) is 60.3 Å². The maximum Gasteiger partial charge on any atom is 0.131 e. The summed E-state index contributed by atoms with van der Waals surface area (Å²) in [7, 11) is 0. The summed E-state index contributed by atoms with van der Waals surface area (Å²) < 4.78 is 0. The van der Waals surface area contributed by atoms with Gasteiger partial charge in [-0.05, 0) is 88.8 Å². The number of hydrogen-bond donors (Lipinski definition) is 1. The van der Waals surface area contributed by atoms with Crippen molar-refractivity contribution in [2.24, 2.45) is 10.7 Å². The minimum absolute atomic E-state index is 0.485. The van der Waals surface area contributed by atoms with Crippen LogP contribution in [0.15, 0.2) is 236 Å². The first kappa shape index (κ1) is 36.3. The summed E-state index contributed by atoms with van der Waals surface area (Å²) >= 11 is 0. The molecule has 0 saturated heterocycles. The molecular formula is C59H42N2. The van der Waals surface area contributed by atoms with Gasteiger partial charge in [-0.2, -0.15) is 0 Å². The molecule has 2 nitrogen and oxygen atoms in total. The number of nitrogens with zero attached hydrogens (tertiary/aromatic N) is 1. The molecule has 0 unspecified atom stereocenters. The Hall–Kier alpha value is -7.81. The molecule has 0 radical (unpaired) electrons. The summed E-state index contributed by atoms with van der Waals surface area (Å²) in [6.07, 6.45) is 2.95. The van der Waals surface area contributed by atoms with E-state index in [4.69, 9.17) is 10.7 Å². The van der Waals surface area contributed by atoms with Crippen molar-refractivity contribution in [2.45, 2.75) is 11.8 Å². The highest BCUT2D eigenvalue weighted by atomic mass is 14.9. The topological polar surface area (TPSA) is 38.4 Å². The van der Waals surface area contributed by atoms with Crippen LogP contribution in [-0.4, -0.2) is 5.84 Å². The second kappa shape index (κ2) is 15.1. The lowest BCUT2D eigenvalue weighted by Gasteiger charge is -2.36. The smallest absolute Gasteiger partial charge is 0.131 e. The van der Waals surface area contributed by atoms with Crippen LogP contribution in [0, 0.1) is 0 Å². The van der Waals surface area contributed by atoms with Crippen molar-refractivity contribution in [3.8, 4) is 22.3 Å². The van der Waals surface area contributed by atoms with Crippen molar-refractivity contribution >= 4 is 43.9 Å². The molecule has 0 bridgehead atoms. The standard InChI is InChI=1S/C59H42N2/c60-58(43-20-4-1-5-21-43)61-55(39-35-41-23-16-22-40-18-10-12-28-46(40)41)51-38-37-50(48-30-14-15-31-49(48)51)52-32-17-33-53-54-36-34-42-19-11-13-29-47(42)56(54)59(57(52)53,44-24-6-2-7-25-44)45-26-8-3-9-27-45/h1-34,36-39H,35H2,(H2,60,61)/b55-39-. The lowest BCUT2D eigenvalue weighted by atomic mass is 9.65. The number of aliphatic imine (C=N–C) groups is 1. The highest BCUT2D eigenvalue weighted by molar-refractivity contribution is 6.09. The molecule has 2 heteroatoms. The van der Waals surface area contributed by atoms with Crippen molar-refractivity contribution in [1.82, 2.24) is 0 Å². The fourth-order valence-electron chi connectivity index (χ4n) is 10.0. The first-order chi connectivity index (χ1) is 30.2. The Morgan fingerprint density at radius 2 is 0.918 bits per heavy atom. The van der Waals surface area contributed by atoms with Crippen molar-refractivity contribution < 1.29 is 0 Å². The van der Waals surface area contributed by atoms with E-state index in [2.05, 4.69) is 200 Å². The lowest BCUT2D eigenvalue weighted by Crippen LogP contribution is -2.29. The van der Waals surface area contributed by atoms with E-state index in [1.54, 1.807) is 0 Å². The van der Waals surface area contributed by atoms with Crippen LogP contribution in [-0.2, 0) is 11.8 Å². The number of amidine groups is 1. The fraction of sp³-hybridized carbons (Fsp3) is 0.0339. The number of benzene rings is 10. The molecule has 0 amide bonds. The van der Waals surface area contributed by atoms with Gasteiger partial charge in [0.1, 0.15) is 5.84 Å². The van der Waals surface area contributed by atoms with Gasteiger partial charge in [0.25, 0.3) is 0 Å². The van der Waals surface area contributed by atoms with Gasteiger partial charge < -0.3 is 5.73 Å². The largest absolute Gasteiger partial charge is 0.383 e. The first-order valence-electron chi connectivity index (χ1n) is 21.1. The maximum atomic E-state index is 6.85. The second-order valence-electron chi connectivity index (χ2n) is 15.9. The number of nitrogens with two attached hydrogens (primary N) is 1. The molecule has 10 aromatic rings. The summed E-state index contributed by atoms with van der Waals surface area (Å²) in [5, 5.41) is 7.26. The van der Waals surface area contributed by atoms with Crippen molar-refractivity contribution in [3.05, 3.63) is 269 Å². The molecule has 11 rings (SSSR count). The highest BCUT2D eigenvalue weighted by Gasteiger charge is 2.48. The number of fused-ring (bicyclic) bond motifs is 7. The molecule has 1 aliphatic rings. The molecule has 1 aliphatic carbocycles. The molecule has 288 valence electrons. The molecule has 0 atom stereocenters.